The van der Waals surface area contributed by atoms with Gasteiger partial charge in [-0.25, -0.2) is 4.98 Å². The normalized spacial score (nSPS) is 32.2. The van der Waals surface area contributed by atoms with E-state index in [4.69, 9.17) is 0 Å². The average Bonchev–Trinajstić information content (AvgIpc) is 3.03. The molecule has 3 fully saturated rings. The molecular formula is C15H23N3S. The highest BCUT2D eigenvalue weighted by Gasteiger charge is 2.40. The van der Waals surface area contributed by atoms with Gasteiger partial charge in [0.15, 0.2) is 0 Å². The molecule has 1 unspecified atom stereocenters. The predicted molar refractivity (Wildman–Crippen MR) is 78.5 cm³/mol. The van der Waals surface area contributed by atoms with Crippen LogP contribution in [0.25, 0.3) is 0 Å². The number of nitrogens with zero attached hydrogens (tertiary/aromatic N) is 2. The highest BCUT2D eigenvalue weighted by Crippen LogP contribution is 2.40. The first-order chi connectivity index (χ1) is 9.33. The molecule has 1 spiro atoms. The largest absolute Gasteiger partial charge is 0.316 e. The van der Waals surface area contributed by atoms with Gasteiger partial charge in [0.25, 0.3) is 0 Å². The second kappa shape index (κ2) is 4.83. The zero-order valence-corrected chi connectivity index (χ0v) is 12.3. The fourth-order valence-electron chi connectivity index (χ4n) is 3.77. The second-order valence-electron chi connectivity index (χ2n) is 6.68. The molecule has 2 saturated heterocycles. The van der Waals surface area contributed by atoms with E-state index in [0.29, 0.717) is 5.41 Å². The predicted octanol–water partition coefficient (Wildman–Crippen LogP) is 2.60. The van der Waals surface area contributed by atoms with Crippen LogP contribution in [0.1, 0.15) is 47.9 Å². The van der Waals surface area contributed by atoms with E-state index in [0.717, 1.165) is 12.5 Å². The first-order valence-electron chi connectivity index (χ1n) is 7.71. The summed E-state index contributed by atoms with van der Waals surface area (Å²) < 4.78 is 0. The van der Waals surface area contributed by atoms with Crippen LogP contribution in [-0.2, 0) is 6.54 Å². The molecule has 3 heterocycles. The van der Waals surface area contributed by atoms with Crippen LogP contribution >= 0.6 is 11.3 Å². The van der Waals surface area contributed by atoms with Crippen molar-refractivity contribution < 1.29 is 0 Å². The van der Waals surface area contributed by atoms with Crippen molar-refractivity contribution in [3.63, 3.8) is 0 Å². The molecule has 104 valence electrons. The molecule has 1 N–H and O–H groups in total. The van der Waals surface area contributed by atoms with Crippen molar-refractivity contribution >= 4 is 11.3 Å². The Labute approximate surface area is 119 Å². The van der Waals surface area contributed by atoms with E-state index >= 15 is 0 Å². The maximum atomic E-state index is 4.65. The number of aromatic nitrogens is 1. The Morgan fingerprint density at radius 2 is 2.37 bits per heavy atom. The standard InChI is InChI=1S/C15H23N3S/c1-2-12(3-1)14-17-8-13(19-14)9-18-7-5-15(11-18)4-6-16-10-15/h8,12,16H,1-7,9-11H2. The summed E-state index contributed by atoms with van der Waals surface area (Å²) in [7, 11) is 0. The van der Waals surface area contributed by atoms with Crippen molar-refractivity contribution in [1.29, 1.82) is 0 Å². The lowest BCUT2D eigenvalue weighted by Gasteiger charge is -2.23. The van der Waals surface area contributed by atoms with Crippen molar-refractivity contribution in [2.45, 2.75) is 44.6 Å². The molecule has 3 nitrogen and oxygen atoms in total. The van der Waals surface area contributed by atoms with E-state index in [2.05, 4.69) is 21.4 Å². The molecule has 1 aliphatic carbocycles. The lowest BCUT2D eigenvalue weighted by Crippen LogP contribution is -2.28. The third kappa shape index (κ3) is 2.34. The summed E-state index contributed by atoms with van der Waals surface area (Å²) in [5.41, 5.74) is 0.599. The van der Waals surface area contributed by atoms with E-state index in [-0.39, 0.29) is 0 Å². The number of thiazole rings is 1. The van der Waals surface area contributed by atoms with Gasteiger partial charge in [-0.15, -0.1) is 11.3 Å². The van der Waals surface area contributed by atoms with E-state index in [1.54, 1.807) is 0 Å². The van der Waals surface area contributed by atoms with Gasteiger partial charge in [-0.2, -0.15) is 0 Å². The van der Waals surface area contributed by atoms with Gasteiger partial charge in [0.1, 0.15) is 0 Å². The zero-order chi connectivity index (χ0) is 12.7. The molecule has 4 rings (SSSR count). The van der Waals surface area contributed by atoms with E-state index in [1.807, 2.05) is 11.3 Å². The molecule has 2 aliphatic heterocycles. The first-order valence-corrected chi connectivity index (χ1v) is 8.52. The van der Waals surface area contributed by atoms with E-state index in [9.17, 15) is 0 Å². The maximum Gasteiger partial charge on any atom is 0.0959 e. The van der Waals surface area contributed by atoms with Crippen LogP contribution < -0.4 is 5.32 Å². The van der Waals surface area contributed by atoms with Crippen molar-refractivity contribution in [3.8, 4) is 0 Å². The molecule has 1 aromatic rings. The van der Waals surface area contributed by atoms with Crippen molar-refractivity contribution in [2.24, 2.45) is 5.41 Å². The summed E-state index contributed by atoms with van der Waals surface area (Å²) >= 11 is 1.97. The van der Waals surface area contributed by atoms with Gasteiger partial charge in [-0.3, -0.25) is 4.90 Å². The van der Waals surface area contributed by atoms with Gasteiger partial charge >= 0.3 is 0 Å². The number of rotatable bonds is 3. The molecule has 3 aliphatic rings. The van der Waals surface area contributed by atoms with Gasteiger partial charge in [0, 0.05) is 36.6 Å². The van der Waals surface area contributed by atoms with Gasteiger partial charge in [0.2, 0.25) is 0 Å². The number of likely N-dealkylation sites (tertiary alicyclic amines) is 1. The molecule has 0 amide bonds. The summed E-state index contributed by atoms with van der Waals surface area (Å²) in [5.74, 6) is 0.794. The van der Waals surface area contributed by atoms with Crippen LogP contribution in [-0.4, -0.2) is 36.1 Å². The van der Waals surface area contributed by atoms with Crippen LogP contribution in [0.3, 0.4) is 0 Å². The minimum absolute atomic E-state index is 0.599. The molecule has 1 atom stereocenters. The Morgan fingerprint density at radius 1 is 1.42 bits per heavy atom. The van der Waals surface area contributed by atoms with Crippen LogP contribution in [0, 0.1) is 5.41 Å². The molecule has 0 radical (unpaired) electrons. The smallest absolute Gasteiger partial charge is 0.0959 e. The first kappa shape index (κ1) is 12.3. The summed E-state index contributed by atoms with van der Waals surface area (Å²) in [4.78, 5) is 8.77. The highest BCUT2D eigenvalue weighted by atomic mass is 32.1. The molecule has 0 aromatic carbocycles. The van der Waals surface area contributed by atoms with Gasteiger partial charge in [-0.05, 0) is 44.2 Å². The monoisotopic (exact) mass is 277 g/mol. The van der Waals surface area contributed by atoms with Crippen molar-refractivity contribution in [1.82, 2.24) is 15.2 Å². The minimum atomic E-state index is 0.599. The third-order valence-corrected chi connectivity index (χ3v) is 6.40. The topological polar surface area (TPSA) is 28.2 Å². The third-order valence-electron chi connectivity index (χ3n) is 5.25. The van der Waals surface area contributed by atoms with E-state index < -0.39 is 0 Å². The molecule has 1 aromatic heterocycles. The molecule has 1 saturated carbocycles. The van der Waals surface area contributed by atoms with Gasteiger partial charge < -0.3 is 5.32 Å². The quantitative estimate of drug-likeness (QED) is 0.920. The minimum Gasteiger partial charge on any atom is -0.316 e. The summed E-state index contributed by atoms with van der Waals surface area (Å²) in [6, 6.07) is 0. The molecule has 0 bridgehead atoms. The SMILES string of the molecule is c1nc(C2CCC2)sc1CN1CCC2(CCNC2)C1. The fourth-order valence-corrected chi connectivity index (χ4v) is 4.90. The summed E-state index contributed by atoms with van der Waals surface area (Å²) in [5, 5.41) is 4.94. The summed E-state index contributed by atoms with van der Waals surface area (Å²) in [6.45, 7) is 6.15. The van der Waals surface area contributed by atoms with Crippen molar-refractivity contribution in [3.05, 3.63) is 16.1 Å². The number of hydrogen-bond acceptors (Lipinski definition) is 4. The van der Waals surface area contributed by atoms with Crippen LogP contribution in [0.5, 0.6) is 0 Å². The Hall–Kier alpha value is -0.450. The van der Waals surface area contributed by atoms with Crippen molar-refractivity contribution in [2.75, 3.05) is 26.2 Å². The van der Waals surface area contributed by atoms with Crippen LogP contribution in [0.4, 0.5) is 0 Å². The van der Waals surface area contributed by atoms with E-state index in [1.165, 1.54) is 68.2 Å². The Kier molecular flexibility index (Phi) is 3.13. The summed E-state index contributed by atoms with van der Waals surface area (Å²) in [6.07, 6.45) is 9.03. The lowest BCUT2D eigenvalue weighted by atomic mass is 9.86. The molecule has 19 heavy (non-hydrogen) atoms. The fraction of sp³-hybridized carbons (Fsp3) is 0.800. The number of hydrogen-bond donors (Lipinski definition) is 1. The Morgan fingerprint density at radius 3 is 3.11 bits per heavy atom. The van der Waals surface area contributed by atoms with Crippen LogP contribution in [0.15, 0.2) is 6.20 Å². The maximum absolute atomic E-state index is 4.65. The average molecular weight is 277 g/mol. The molecular weight excluding hydrogens is 254 g/mol. The van der Waals surface area contributed by atoms with Gasteiger partial charge in [0.05, 0.1) is 5.01 Å². The second-order valence-corrected chi connectivity index (χ2v) is 7.83. The lowest BCUT2D eigenvalue weighted by molar-refractivity contribution is 0.270. The number of nitrogens with one attached hydrogen (secondary N) is 1. The Balaban J connectivity index is 1.37. The highest BCUT2D eigenvalue weighted by molar-refractivity contribution is 7.11. The Bertz CT molecular complexity index is 446. The van der Waals surface area contributed by atoms with Gasteiger partial charge in [-0.1, -0.05) is 6.42 Å². The molecule has 4 heteroatoms. The zero-order valence-electron chi connectivity index (χ0n) is 11.5. The van der Waals surface area contributed by atoms with Crippen LogP contribution in [0.2, 0.25) is 0 Å².